The Hall–Kier alpha value is -1.65. The smallest absolute Gasteiger partial charge is 0.224 e. The normalized spacial score (nSPS) is 10.4. The Labute approximate surface area is 116 Å². The lowest BCUT2D eigenvalue weighted by molar-refractivity contribution is -0.116. The minimum atomic E-state index is -0.0118. The van der Waals surface area contributed by atoms with E-state index in [9.17, 15) is 4.79 Å². The predicted octanol–water partition coefficient (Wildman–Crippen LogP) is 3.20. The van der Waals surface area contributed by atoms with Crippen LogP contribution in [0, 0.1) is 0 Å². The molecule has 0 radical (unpaired) electrons. The lowest BCUT2D eigenvalue weighted by Crippen LogP contribution is -2.11. The predicted molar refractivity (Wildman–Crippen MR) is 78.3 cm³/mol. The number of carbonyl (C=O) groups excluding carboxylic acids is 1. The molecule has 0 saturated carbocycles. The standard InChI is InChI=1S/C15H17NO2S/c17-11-12-4-1-5-13(10-12)16-15(18)8-2-6-14-7-3-9-19-14/h1,3-5,7,9-10,17H,2,6,8,11H2,(H,16,18). The SMILES string of the molecule is O=C(CCCc1cccs1)Nc1cccc(CO)c1. The maximum absolute atomic E-state index is 11.8. The number of aliphatic hydroxyl groups excluding tert-OH is 1. The van der Waals surface area contributed by atoms with Gasteiger partial charge < -0.3 is 10.4 Å². The molecule has 0 fully saturated rings. The third-order valence-corrected chi connectivity index (χ3v) is 3.74. The van der Waals surface area contributed by atoms with Crippen molar-refractivity contribution in [1.82, 2.24) is 0 Å². The van der Waals surface area contributed by atoms with Crippen LogP contribution in [0.25, 0.3) is 0 Å². The largest absolute Gasteiger partial charge is 0.392 e. The van der Waals surface area contributed by atoms with Crippen molar-refractivity contribution >= 4 is 22.9 Å². The number of anilines is 1. The van der Waals surface area contributed by atoms with Gasteiger partial charge in [0.05, 0.1) is 6.61 Å². The molecule has 0 bridgehead atoms. The van der Waals surface area contributed by atoms with Gasteiger partial charge in [0.2, 0.25) is 5.91 Å². The number of carbonyl (C=O) groups is 1. The number of aryl methyl sites for hydroxylation is 1. The van der Waals surface area contributed by atoms with Crippen molar-refractivity contribution < 1.29 is 9.90 Å². The van der Waals surface area contributed by atoms with Crippen LogP contribution >= 0.6 is 11.3 Å². The van der Waals surface area contributed by atoms with E-state index in [2.05, 4.69) is 16.8 Å². The Kier molecular flexibility index (Phi) is 5.12. The molecule has 2 rings (SSSR count). The van der Waals surface area contributed by atoms with Crippen LogP contribution in [-0.4, -0.2) is 11.0 Å². The zero-order valence-corrected chi connectivity index (χ0v) is 11.5. The summed E-state index contributed by atoms with van der Waals surface area (Å²) < 4.78 is 0. The molecular formula is C15H17NO2S. The van der Waals surface area contributed by atoms with Crippen LogP contribution in [0.5, 0.6) is 0 Å². The van der Waals surface area contributed by atoms with E-state index < -0.39 is 0 Å². The second-order valence-electron chi connectivity index (χ2n) is 4.34. The number of thiophene rings is 1. The molecule has 100 valence electrons. The number of hydrogen-bond acceptors (Lipinski definition) is 3. The molecule has 4 heteroatoms. The highest BCUT2D eigenvalue weighted by Crippen LogP contribution is 2.14. The Morgan fingerprint density at radius 1 is 1.26 bits per heavy atom. The van der Waals surface area contributed by atoms with Crippen LogP contribution < -0.4 is 5.32 Å². The Bertz CT molecular complexity index is 523. The third-order valence-electron chi connectivity index (χ3n) is 2.80. The van der Waals surface area contributed by atoms with Crippen molar-refractivity contribution in [2.24, 2.45) is 0 Å². The fraction of sp³-hybridized carbons (Fsp3) is 0.267. The van der Waals surface area contributed by atoms with Gasteiger partial charge in [-0.3, -0.25) is 4.79 Å². The summed E-state index contributed by atoms with van der Waals surface area (Å²) in [7, 11) is 0. The summed E-state index contributed by atoms with van der Waals surface area (Å²) in [6.07, 6.45) is 2.31. The summed E-state index contributed by atoms with van der Waals surface area (Å²) in [5.74, 6) is 0.0200. The molecule has 2 N–H and O–H groups in total. The van der Waals surface area contributed by atoms with Gasteiger partial charge >= 0.3 is 0 Å². The number of benzene rings is 1. The van der Waals surface area contributed by atoms with E-state index in [1.807, 2.05) is 24.3 Å². The highest BCUT2D eigenvalue weighted by Gasteiger charge is 2.03. The summed E-state index contributed by atoms with van der Waals surface area (Å²) in [6, 6.07) is 11.4. The highest BCUT2D eigenvalue weighted by molar-refractivity contribution is 7.09. The number of amides is 1. The van der Waals surface area contributed by atoms with Gasteiger partial charge in [0.15, 0.2) is 0 Å². The fourth-order valence-corrected chi connectivity index (χ4v) is 2.60. The van der Waals surface area contributed by atoms with Crippen molar-refractivity contribution in [3.63, 3.8) is 0 Å². The Morgan fingerprint density at radius 3 is 2.89 bits per heavy atom. The minimum absolute atomic E-state index is 0.0118. The zero-order chi connectivity index (χ0) is 13.5. The molecule has 1 heterocycles. The molecule has 19 heavy (non-hydrogen) atoms. The average molecular weight is 275 g/mol. The lowest BCUT2D eigenvalue weighted by Gasteiger charge is -2.06. The summed E-state index contributed by atoms with van der Waals surface area (Å²) in [6.45, 7) is -0.0118. The number of rotatable bonds is 6. The monoisotopic (exact) mass is 275 g/mol. The van der Waals surface area contributed by atoms with Crippen LogP contribution in [0.2, 0.25) is 0 Å². The van der Waals surface area contributed by atoms with E-state index in [1.165, 1.54) is 4.88 Å². The first-order valence-corrected chi connectivity index (χ1v) is 7.18. The lowest BCUT2D eigenvalue weighted by atomic mass is 10.2. The van der Waals surface area contributed by atoms with Crippen LogP contribution in [0.4, 0.5) is 5.69 Å². The maximum Gasteiger partial charge on any atom is 0.224 e. The molecule has 0 aliphatic rings. The van der Waals surface area contributed by atoms with Crippen molar-refractivity contribution in [3.05, 3.63) is 52.2 Å². The van der Waals surface area contributed by atoms with Gasteiger partial charge in [-0.1, -0.05) is 18.2 Å². The van der Waals surface area contributed by atoms with E-state index in [1.54, 1.807) is 17.4 Å². The van der Waals surface area contributed by atoms with Gasteiger partial charge in [0.1, 0.15) is 0 Å². The summed E-state index contributed by atoms with van der Waals surface area (Å²) in [4.78, 5) is 13.1. The molecule has 3 nitrogen and oxygen atoms in total. The fourth-order valence-electron chi connectivity index (χ4n) is 1.85. The van der Waals surface area contributed by atoms with Crippen molar-refractivity contribution in [2.45, 2.75) is 25.9 Å². The highest BCUT2D eigenvalue weighted by atomic mass is 32.1. The van der Waals surface area contributed by atoms with Gasteiger partial charge in [-0.2, -0.15) is 0 Å². The molecule has 2 aromatic rings. The maximum atomic E-state index is 11.8. The third kappa shape index (κ3) is 4.50. The van der Waals surface area contributed by atoms with Crippen LogP contribution in [0.1, 0.15) is 23.3 Å². The van der Waals surface area contributed by atoms with Crippen molar-refractivity contribution in [3.8, 4) is 0 Å². The van der Waals surface area contributed by atoms with Crippen LogP contribution in [0.15, 0.2) is 41.8 Å². The second-order valence-corrected chi connectivity index (χ2v) is 5.37. The Morgan fingerprint density at radius 2 is 2.16 bits per heavy atom. The van der Waals surface area contributed by atoms with Gasteiger partial charge in [0, 0.05) is 17.0 Å². The average Bonchev–Trinajstić information content (AvgIpc) is 2.92. The molecule has 0 unspecified atom stereocenters. The molecule has 0 aliphatic carbocycles. The van der Waals surface area contributed by atoms with Crippen molar-refractivity contribution in [1.29, 1.82) is 0 Å². The molecule has 0 spiro atoms. The Balaban J connectivity index is 1.77. The molecule has 0 saturated heterocycles. The molecule has 1 aromatic carbocycles. The van der Waals surface area contributed by atoms with E-state index >= 15 is 0 Å². The van der Waals surface area contributed by atoms with Gasteiger partial charge in [-0.15, -0.1) is 11.3 Å². The summed E-state index contributed by atoms with van der Waals surface area (Å²) in [5.41, 5.74) is 1.55. The van der Waals surface area contributed by atoms with Gasteiger partial charge in [0.25, 0.3) is 0 Å². The number of hydrogen-bond donors (Lipinski definition) is 2. The molecule has 0 aliphatic heterocycles. The first-order valence-electron chi connectivity index (χ1n) is 6.30. The van der Waals surface area contributed by atoms with Crippen molar-refractivity contribution in [2.75, 3.05) is 5.32 Å². The van der Waals surface area contributed by atoms with Crippen LogP contribution in [-0.2, 0) is 17.8 Å². The quantitative estimate of drug-likeness (QED) is 0.850. The second kappa shape index (κ2) is 7.07. The molecular weight excluding hydrogens is 258 g/mol. The zero-order valence-electron chi connectivity index (χ0n) is 10.6. The van der Waals surface area contributed by atoms with Gasteiger partial charge in [-0.05, 0) is 42.0 Å². The van der Waals surface area contributed by atoms with E-state index in [0.29, 0.717) is 6.42 Å². The van der Waals surface area contributed by atoms with Gasteiger partial charge in [-0.25, -0.2) is 0 Å². The van der Waals surface area contributed by atoms with Crippen LogP contribution in [0.3, 0.4) is 0 Å². The topological polar surface area (TPSA) is 49.3 Å². The summed E-state index contributed by atoms with van der Waals surface area (Å²) in [5, 5.41) is 13.9. The minimum Gasteiger partial charge on any atom is -0.392 e. The molecule has 0 atom stereocenters. The molecule has 1 amide bonds. The van der Waals surface area contributed by atoms with E-state index in [4.69, 9.17) is 5.11 Å². The first-order chi connectivity index (χ1) is 9.28. The van der Waals surface area contributed by atoms with E-state index in [-0.39, 0.29) is 12.5 Å². The molecule has 1 aromatic heterocycles. The number of nitrogens with one attached hydrogen (secondary N) is 1. The summed E-state index contributed by atoms with van der Waals surface area (Å²) >= 11 is 1.72. The first kappa shape index (κ1) is 13.8. The van der Waals surface area contributed by atoms with E-state index in [0.717, 1.165) is 24.1 Å². The number of aliphatic hydroxyl groups is 1.